The number of aliphatic hydroxyl groups excluding tert-OH is 1. The molecule has 0 amide bonds. The monoisotopic (exact) mass is 286 g/mol. The molecule has 4 rings (SSSR count). The third-order valence-electron chi connectivity index (χ3n) is 6.81. The van der Waals surface area contributed by atoms with Crippen molar-refractivity contribution in [1.29, 1.82) is 0 Å². The molecular weight excluding hydrogens is 256 g/mol. The first-order chi connectivity index (χ1) is 9.59. The fourth-order valence-electron chi connectivity index (χ4n) is 5.73. The molecule has 0 saturated heterocycles. The van der Waals surface area contributed by atoms with E-state index in [2.05, 4.69) is 26.0 Å². The molecule has 0 aromatic carbocycles. The maximum Gasteiger partial charge on any atom is 0.0905 e. The van der Waals surface area contributed by atoms with Gasteiger partial charge in [-0.05, 0) is 63.2 Å². The van der Waals surface area contributed by atoms with E-state index < -0.39 is 0 Å². The summed E-state index contributed by atoms with van der Waals surface area (Å²) < 4.78 is 0. The molecule has 2 saturated carbocycles. The van der Waals surface area contributed by atoms with Gasteiger partial charge >= 0.3 is 0 Å². The lowest BCUT2D eigenvalue weighted by atomic mass is 9.52. The molecule has 4 aliphatic carbocycles. The van der Waals surface area contributed by atoms with E-state index >= 15 is 0 Å². The van der Waals surface area contributed by atoms with Crippen LogP contribution in [-0.2, 0) is 0 Å². The van der Waals surface area contributed by atoms with Crippen LogP contribution in [-0.4, -0.2) is 11.2 Å². The minimum Gasteiger partial charge on any atom is -0.385 e. The van der Waals surface area contributed by atoms with Crippen molar-refractivity contribution in [3.63, 3.8) is 0 Å². The Balaban J connectivity index is 0.00000132. The molecule has 1 N–H and O–H groups in total. The van der Waals surface area contributed by atoms with Gasteiger partial charge in [0.2, 0.25) is 0 Å². The van der Waals surface area contributed by atoms with Crippen LogP contribution >= 0.6 is 0 Å². The van der Waals surface area contributed by atoms with E-state index in [4.69, 9.17) is 0 Å². The third kappa shape index (κ3) is 2.08. The van der Waals surface area contributed by atoms with E-state index in [-0.39, 0.29) is 18.9 Å². The van der Waals surface area contributed by atoms with E-state index in [0.717, 1.165) is 17.8 Å². The standard InChI is InChI=1S/C19H26O.CH4/c1-12-3-5-16-15(12)7-8-18-17(16)6-4-13-11-14(20)9-10-19(13,18)2;/h9-11,14,16-18,20H,3-8H2,1-2H3;1H4/t14-,16?,17?,18?,19-;/m0./s1. The maximum absolute atomic E-state index is 9.87. The van der Waals surface area contributed by atoms with Crippen molar-refractivity contribution in [2.75, 3.05) is 0 Å². The van der Waals surface area contributed by atoms with Crippen molar-refractivity contribution in [3.05, 3.63) is 34.9 Å². The van der Waals surface area contributed by atoms with Crippen molar-refractivity contribution in [1.82, 2.24) is 0 Å². The summed E-state index contributed by atoms with van der Waals surface area (Å²) in [4.78, 5) is 0. The van der Waals surface area contributed by atoms with Gasteiger partial charge in [-0.2, -0.15) is 0 Å². The molecule has 5 atom stereocenters. The van der Waals surface area contributed by atoms with Crippen LogP contribution < -0.4 is 0 Å². The summed E-state index contributed by atoms with van der Waals surface area (Å²) in [6.45, 7) is 4.79. The minimum absolute atomic E-state index is 0. The van der Waals surface area contributed by atoms with Crippen molar-refractivity contribution in [2.24, 2.45) is 23.2 Å². The Kier molecular flexibility index (Phi) is 3.68. The molecule has 0 heterocycles. The molecule has 116 valence electrons. The molecule has 0 radical (unpaired) electrons. The van der Waals surface area contributed by atoms with Crippen LogP contribution in [0.2, 0.25) is 0 Å². The normalized spacial score (nSPS) is 44.4. The lowest BCUT2D eigenvalue weighted by molar-refractivity contribution is 0.0799. The summed E-state index contributed by atoms with van der Waals surface area (Å²) in [5.41, 5.74) is 5.26. The third-order valence-corrected chi connectivity index (χ3v) is 6.81. The predicted octanol–water partition coefficient (Wildman–Crippen LogP) is 5.03. The van der Waals surface area contributed by atoms with Crippen molar-refractivity contribution in [3.8, 4) is 0 Å². The second kappa shape index (κ2) is 5.12. The second-order valence-corrected chi connectivity index (χ2v) is 7.62. The maximum atomic E-state index is 9.87. The van der Waals surface area contributed by atoms with Crippen molar-refractivity contribution >= 4 is 0 Å². The molecule has 1 nitrogen and oxygen atoms in total. The largest absolute Gasteiger partial charge is 0.385 e. The molecular formula is C20H30O. The first kappa shape index (κ1) is 15.1. The average Bonchev–Trinajstić information content (AvgIpc) is 2.82. The first-order valence-electron chi connectivity index (χ1n) is 8.36. The first-order valence-corrected chi connectivity index (χ1v) is 8.36. The SMILES string of the molecule is C.CC1=C2CCC3C(CCC4=C[C@@H](O)C=C[C@@]43C)C2CC1. The van der Waals surface area contributed by atoms with Crippen molar-refractivity contribution < 1.29 is 5.11 Å². The Morgan fingerprint density at radius 1 is 1.14 bits per heavy atom. The summed E-state index contributed by atoms with van der Waals surface area (Å²) in [6, 6.07) is 0. The Morgan fingerprint density at radius 3 is 2.76 bits per heavy atom. The number of rotatable bonds is 0. The molecule has 0 bridgehead atoms. The molecule has 1 heteroatoms. The van der Waals surface area contributed by atoms with E-state index in [1.165, 1.54) is 44.1 Å². The highest BCUT2D eigenvalue weighted by Crippen LogP contribution is 2.60. The summed E-state index contributed by atoms with van der Waals surface area (Å²) in [5.74, 6) is 2.57. The Bertz CT molecular complexity index is 524. The molecule has 0 aromatic heterocycles. The summed E-state index contributed by atoms with van der Waals surface area (Å²) >= 11 is 0. The van der Waals surface area contributed by atoms with Gasteiger partial charge in [0.25, 0.3) is 0 Å². The van der Waals surface area contributed by atoms with Crippen LogP contribution in [0.3, 0.4) is 0 Å². The molecule has 21 heavy (non-hydrogen) atoms. The number of aliphatic hydroxyl groups is 1. The quantitative estimate of drug-likeness (QED) is 0.619. The topological polar surface area (TPSA) is 20.2 Å². The van der Waals surface area contributed by atoms with Crippen LogP contribution in [0.5, 0.6) is 0 Å². The zero-order valence-corrected chi connectivity index (χ0v) is 12.7. The zero-order chi connectivity index (χ0) is 13.9. The second-order valence-electron chi connectivity index (χ2n) is 7.62. The van der Waals surface area contributed by atoms with Crippen LogP contribution in [0.15, 0.2) is 34.9 Å². The van der Waals surface area contributed by atoms with Crippen LogP contribution in [0.25, 0.3) is 0 Å². The Labute approximate surface area is 129 Å². The number of hydrogen-bond acceptors (Lipinski definition) is 1. The number of allylic oxidation sites excluding steroid dienone is 4. The lowest BCUT2D eigenvalue weighted by Crippen LogP contribution is -2.44. The van der Waals surface area contributed by atoms with Gasteiger partial charge in [0.05, 0.1) is 6.10 Å². The van der Waals surface area contributed by atoms with E-state index in [0.29, 0.717) is 0 Å². The molecule has 4 aliphatic rings. The van der Waals surface area contributed by atoms with Crippen LogP contribution in [0, 0.1) is 23.2 Å². The fourth-order valence-corrected chi connectivity index (χ4v) is 5.73. The van der Waals surface area contributed by atoms with Gasteiger partial charge in [0.1, 0.15) is 0 Å². The highest BCUT2D eigenvalue weighted by molar-refractivity contribution is 5.35. The molecule has 0 aliphatic heterocycles. The number of fused-ring (bicyclic) bond motifs is 5. The average molecular weight is 286 g/mol. The number of hydrogen-bond donors (Lipinski definition) is 1. The van der Waals surface area contributed by atoms with Gasteiger partial charge in [0.15, 0.2) is 0 Å². The Morgan fingerprint density at radius 2 is 1.95 bits per heavy atom. The summed E-state index contributed by atoms with van der Waals surface area (Å²) in [6.07, 6.45) is 14.1. The van der Waals surface area contributed by atoms with Crippen LogP contribution in [0.1, 0.15) is 59.8 Å². The molecule has 2 fully saturated rings. The minimum atomic E-state index is -0.345. The smallest absolute Gasteiger partial charge is 0.0905 e. The predicted molar refractivity (Wildman–Crippen MR) is 88.9 cm³/mol. The molecule has 0 spiro atoms. The van der Waals surface area contributed by atoms with Gasteiger partial charge in [-0.25, -0.2) is 0 Å². The summed E-state index contributed by atoms with van der Waals surface area (Å²) in [5, 5.41) is 9.87. The lowest BCUT2D eigenvalue weighted by Gasteiger charge is -2.53. The van der Waals surface area contributed by atoms with Crippen LogP contribution in [0.4, 0.5) is 0 Å². The van der Waals surface area contributed by atoms with Crippen molar-refractivity contribution in [2.45, 2.75) is 65.9 Å². The van der Waals surface area contributed by atoms with E-state index in [1.807, 2.05) is 11.6 Å². The van der Waals surface area contributed by atoms with Gasteiger partial charge in [-0.3, -0.25) is 0 Å². The molecule has 0 aromatic rings. The summed E-state index contributed by atoms with van der Waals surface area (Å²) in [7, 11) is 0. The van der Waals surface area contributed by atoms with Gasteiger partial charge in [-0.1, -0.05) is 49.3 Å². The zero-order valence-electron chi connectivity index (χ0n) is 12.7. The van der Waals surface area contributed by atoms with Gasteiger partial charge in [-0.15, -0.1) is 0 Å². The van der Waals surface area contributed by atoms with Gasteiger partial charge in [0, 0.05) is 5.41 Å². The van der Waals surface area contributed by atoms with E-state index in [1.54, 1.807) is 5.57 Å². The van der Waals surface area contributed by atoms with E-state index in [9.17, 15) is 5.11 Å². The fraction of sp³-hybridized carbons (Fsp3) is 0.700. The molecule has 3 unspecified atom stereocenters. The highest BCUT2D eigenvalue weighted by atomic mass is 16.3. The highest BCUT2D eigenvalue weighted by Gasteiger charge is 2.50. The van der Waals surface area contributed by atoms with Gasteiger partial charge < -0.3 is 5.11 Å². The Hall–Kier alpha value is -0.820.